The van der Waals surface area contributed by atoms with Gasteiger partial charge in [0.15, 0.2) is 9.84 Å². The summed E-state index contributed by atoms with van der Waals surface area (Å²) in [5.41, 5.74) is 1.88. The third-order valence-corrected chi connectivity index (χ3v) is 5.15. The van der Waals surface area contributed by atoms with Crippen molar-refractivity contribution in [3.05, 3.63) is 59.7 Å². The van der Waals surface area contributed by atoms with Crippen LogP contribution in [0, 0.1) is 6.92 Å². The van der Waals surface area contributed by atoms with Crippen molar-refractivity contribution in [2.75, 3.05) is 24.7 Å². The average Bonchev–Trinajstić information content (AvgIpc) is 2.62. The van der Waals surface area contributed by atoms with E-state index in [-0.39, 0.29) is 28.8 Å². The number of carbonyl (C=O) groups is 2. The molecule has 2 amide bonds. The standard InChI is InChI=1S/C20H24N2O4S/c1-4-12-22(14-19(23)21-18-11-6-5-8-15(18)2)20(24)16-9-7-10-17(13-16)27(3,25)26/h5-11,13H,4,12,14H2,1-3H3,(H,21,23). The van der Waals surface area contributed by atoms with Crippen molar-refractivity contribution in [1.82, 2.24) is 4.90 Å². The third kappa shape index (κ3) is 5.65. The maximum absolute atomic E-state index is 12.8. The molecule has 2 aromatic carbocycles. The Bertz CT molecular complexity index is 939. The predicted molar refractivity (Wildman–Crippen MR) is 106 cm³/mol. The minimum atomic E-state index is -3.42. The van der Waals surface area contributed by atoms with Gasteiger partial charge < -0.3 is 10.2 Å². The van der Waals surface area contributed by atoms with Gasteiger partial charge in [0.1, 0.15) is 6.54 Å². The summed E-state index contributed by atoms with van der Waals surface area (Å²) < 4.78 is 23.5. The van der Waals surface area contributed by atoms with E-state index in [1.165, 1.54) is 23.1 Å². The Morgan fingerprint density at radius 1 is 1.07 bits per heavy atom. The lowest BCUT2D eigenvalue weighted by Crippen LogP contribution is -2.38. The summed E-state index contributed by atoms with van der Waals surface area (Å²) >= 11 is 0. The lowest BCUT2D eigenvalue weighted by atomic mass is 10.2. The monoisotopic (exact) mass is 388 g/mol. The van der Waals surface area contributed by atoms with Crippen LogP contribution in [-0.4, -0.2) is 44.5 Å². The van der Waals surface area contributed by atoms with Crippen molar-refractivity contribution >= 4 is 27.3 Å². The number of nitrogens with zero attached hydrogens (tertiary/aromatic N) is 1. The molecular formula is C20H24N2O4S. The van der Waals surface area contributed by atoms with Gasteiger partial charge in [-0.15, -0.1) is 0 Å². The summed E-state index contributed by atoms with van der Waals surface area (Å²) in [6, 6.07) is 13.3. The first kappa shape index (κ1) is 20.6. The fraction of sp³-hybridized carbons (Fsp3) is 0.300. The molecule has 0 heterocycles. The molecular weight excluding hydrogens is 364 g/mol. The first-order valence-corrected chi connectivity index (χ1v) is 10.6. The minimum Gasteiger partial charge on any atom is -0.329 e. The van der Waals surface area contributed by atoms with E-state index in [0.717, 1.165) is 11.8 Å². The van der Waals surface area contributed by atoms with Gasteiger partial charge in [-0.2, -0.15) is 0 Å². The number of carbonyl (C=O) groups excluding carboxylic acids is 2. The van der Waals surface area contributed by atoms with E-state index in [9.17, 15) is 18.0 Å². The van der Waals surface area contributed by atoms with Crippen molar-refractivity contribution in [2.45, 2.75) is 25.2 Å². The van der Waals surface area contributed by atoms with Crippen LogP contribution in [-0.2, 0) is 14.6 Å². The van der Waals surface area contributed by atoms with Gasteiger partial charge in [-0.1, -0.05) is 31.2 Å². The van der Waals surface area contributed by atoms with Gasteiger partial charge in [0.2, 0.25) is 5.91 Å². The molecule has 0 aliphatic rings. The van der Waals surface area contributed by atoms with Crippen LogP contribution in [0.2, 0.25) is 0 Å². The molecule has 0 fully saturated rings. The van der Waals surface area contributed by atoms with Crippen LogP contribution in [0.5, 0.6) is 0 Å². The van der Waals surface area contributed by atoms with E-state index in [1.807, 2.05) is 32.0 Å². The van der Waals surface area contributed by atoms with Crippen LogP contribution in [0.3, 0.4) is 0 Å². The fourth-order valence-electron chi connectivity index (χ4n) is 2.64. The Labute approximate surface area is 160 Å². The van der Waals surface area contributed by atoms with E-state index in [1.54, 1.807) is 12.1 Å². The van der Waals surface area contributed by atoms with E-state index >= 15 is 0 Å². The summed E-state index contributed by atoms with van der Waals surface area (Å²) in [7, 11) is -3.42. The van der Waals surface area contributed by atoms with Crippen LogP contribution < -0.4 is 5.32 Å². The molecule has 6 nitrogen and oxygen atoms in total. The average molecular weight is 388 g/mol. The van der Waals surface area contributed by atoms with E-state index in [4.69, 9.17) is 0 Å². The van der Waals surface area contributed by atoms with Gasteiger partial charge in [-0.05, 0) is 43.2 Å². The summed E-state index contributed by atoms with van der Waals surface area (Å²) in [4.78, 5) is 26.7. The summed E-state index contributed by atoms with van der Waals surface area (Å²) in [5.74, 6) is -0.673. The minimum absolute atomic E-state index is 0.0779. The molecule has 144 valence electrons. The van der Waals surface area contributed by atoms with Crippen LogP contribution in [0.15, 0.2) is 53.4 Å². The van der Waals surface area contributed by atoms with Crippen LogP contribution in [0.1, 0.15) is 29.3 Å². The molecule has 27 heavy (non-hydrogen) atoms. The Kier molecular flexibility index (Phi) is 6.74. The molecule has 0 saturated heterocycles. The second-order valence-corrected chi connectivity index (χ2v) is 8.41. The summed E-state index contributed by atoms with van der Waals surface area (Å²) in [6.45, 7) is 4.08. The predicted octanol–water partition coefficient (Wildman–Crippen LogP) is 2.89. The Morgan fingerprint density at radius 3 is 2.41 bits per heavy atom. The van der Waals surface area contributed by atoms with Crippen molar-refractivity contribution < 1.29 is 18.0 Å². The van der Waals surface area contributed by atoms with E-state index < -0.39 is 9.84 Å². The normalized spacial score (nSPS) is 11.1. The lowest BCUT2D eigenvalue weighted by molar-refractivity contribution is -0.116. The highest BCUT2D eigenvalue weighted by molar-refractivity contribution is 7.90. The molecule has 0 spiro atoms. The first-order valence-electron chi connectivity index (χ1n) is 8.67. The number of amides is 2. The smallest absolute Gasteiger partial charge is 0.254 e. The zero-order chi connectivity index (χ0) is 20.0. The van der Waals surface area contributed by atoms with Gasteiger partial charge >= 0.3 is 0 Å². The number of sulfone groups is 1. The number of nitrogens with one attached hydrogen (secondary N) is 1. The van der Waals surface area contributed by atoms with Gasteiger partial charge in [0.05, 0.1) is 4.90 Å². The molecule has 0 saturated carbocycles. The molecule has 0 unspecified atom stereocenters. The number of para-hydroxylation sites is 1. The molecule has 0 aliphatic carbocycles. The second kappa shape index (κ2) is 8.81. The zero-order valence-electron chi connectivity index (χ0n) is 15.7. The quantitative estimate of drug-likeness (QED) is 0.790. The third-order valence-electron chi connectivity index (χ3n) is 4.04. The molecule has 0 bridgehead atoms. The summed E-state index contributed by atoms with van der Waals surface area (Å²) in [5, 5.41) is 2.81. The van der Waals surface area contributed by atoms with Crippen molar-refractivity contribution in [3.63, 3.8) is 0 Å². The van der Waals surface area contributed by atoms with Crippen LogP contribution >= 0.6 is 0 Å². The maximum Gasteiger partial charge on any atom is 0.254 e. The van der Waals surface area contributed by atoms with E-state index in [0.29, 0.717) is 18.7 Å². The van der Waals surface area contributed by atoms with Crippen LogP contribution in [0.25, 0.3) is 0 Å². The molecule has 0 atom stereocenters. The second-order valence-electron chi connectivity index (χ2n) is 6.39. The number of hydrogen-bond donors (Lipinski definition) is 1. The molecule has 0 aliphatic heterocycles. The lowest BCUT2D eigenvalue weighted by Gasteiger charge is -2.22. The Hall–Kier alpha value is -2.67. The molecule has 0 radical (unpaired) electrons. The zero-order valence-corrected chi connectivity index (χ0v) is 16.5. The highest BCUT2D eigenvalue weighted by atomic mass is 32.2. The molecule has 2 rings (SSSR count). The maximum atomic E-state index is 12.8. The number of anilines is 1. The van der Waals surface area contributed by atoms with Crippen molar-refractivity contribution in [2.24, 2.45) is 0 Å². The van der Waals surface area contributed by atoms with Gasteiger partial charge in [0.25, 0.3) is 5.91 Å². The molecule has 7 heteroatoms. The van der Waals surface area contributed by atoms with Crippen molar-refractivity contribution in [3.8, 4) is 0 Å². The topological polar surface area (TPSA) is 83.6 Å². The largest absolute Gasteiger partial charge is 0.329 e. The highest BCUT2D eigenvalue weighted by Crippen LogP contribution is 2.15. The Balaban J connectivity index is 2.18. The molecule has 2 aromatic rings. The number of hydrogen-bond acceptors (Lipinski definition) is 4. The van der Waals surface area contributed by atoms with Gasteiger partial charge in [-0.25, -0.2) is 8.42 Å². The first-order chi connectivity index (χ1) is 12.7. The SMILES string of the molecule is CCCN(CC(=O)Nc1ccccc1C)C(=O)c1cccc(S(C)(=O)=O)c1. The number of rotatable bonds is 7. The van der Waals surface area contributed by atoms with Gasteiger partial charge in [0, 0.05) is 24.1 Å². The van der Waals surface area contributed by atoms with Crippen molar-refractivity contribution in [1.29, 1.82) is 0 Å². The Morgan fingerprint density at radius 2 is 1.78 bits per heavy atom. The number of benzene rings is 2. The fourth-order valence-corrected chi connectivity index (χ4v) is 3.31. The number of aryl methyl sites for hydroxylation is 1. The van der Waals surface area contributed by atoms with E-state index in [2.05, 4.69) is 5.32 Å². The highest BCUT2D eigenvalue weighted by Gasteiger charge is 2.20. The van der Waals surface area contributed by atoms with Crippen LogP contribution in [0.4, 0.5) is 5.69 Å². The molecule has 1 N–H and O–H groups in total. The molecule has 0 aromatic heterocycles. The van der Waals surface area contributed by atoms with Gasteiger partial charge in [-0.3, -0.25) is 9.59 Å². The summed E-state index contributed by atoms with van der Waals surface area (Å²) in [6.07, 6.45) is 1.77.